The van der Waals surface area contributed by atoms with Crippen molar-refractivity contribution in [2.75, 3.05) is 18.4 Å². The molecular formula is C10H17N3OS. The van der Waals surface area contributed by atoms with Crippen LogP contribution < -0.4 is 10.6 Å². The number of aryl methyl sites for hydroxylation is 1. The molecule has 4 nitrogen and oxygen atoms in total. The average molecular weight is 227 g/mol. The SMILES string of the molecule is CCNC(=O)CCNc1nc(CC)cs1. The molecule has 0 atom stereocenters. The second-order valence-corrected chi connectivity index (χ2v) is 3.99. The van der Waals surface area contributed by atoms with Crippen LogP contribution in [-0.4, -0.2) is 24.0 Å². The molecule has 2 N–H and O–H groups in total. The Bertz CT molecular complexity index is 311. The molecule has 0 aliphatic rings. The van der Waals surface area contributed by atoms with Gasteiger partial charge in [0.1, 0.15) is 0 Å². The van der Waals surface area contributed by atoms with Crippen molar-refractivity contribution in [2.24, 2.45) is 0 Å². The van der Waals surface area contributed by atoms with Gasteiger partial charge in [-0.25, -0.2) is 4.98 Å². The van der Waals surface area contributed by atoms with E-state index in [0.717, 1.165) is 17.2 Å². The third-order valence-corrected chi connectivity index (χ3v) is 2.77. The molecule has 15 heavy (non-hydrogen) atoms. The molecule has 1 rings (SSSR count). The van der Waals surface area contributed by atoms with Crippen LogP contribution in [0.25, 0.3) is 0 Å². The van der Waals surface area contributed by atoms with E-state index in [0.29, 0.717) is 19.5 Å². The first-order valence-electron chi connectivity index (χ1n) is 5.21. The number of amides is 1. The van der Waals surface area contributed by atoms with E-state index >= 15 is 0 Å². The summed E-state index contributed by atoms with van der Waals surface area (Å²) < 4.78 is 0. The van der Waals surface area contributed by atoms with Crippen LogP contribution in [0.4, 0.5) is 5.13 Å². The lowest BCUT2D eigenvalue weighted by Gasteiger charge is -2.02. The molecule has 0 aliphatic carbocycles. The van der Waals surface area contributed by atoms with Crippen LogP contribution in [0, 0.1) is 0 Å². The van der Waals surface area contributed by atoms with Gasteiger partial charge in [0.15, 0.2) is 5.13 Å². The number of hydrogen-bond acceptors (Lipinski definition) is 4. The Hall–Kier alpha value is -1.10. The molecule has 0 fully saturated rings. The molecule has 0 saturated heterocycles. The van der Waals surface area contributed by atoms with Gasteiger partial charge in [-0.3, -0.25) is 4.79 Å². The second-order valence-electron chi connectivity index (χ2n) is 3.13. The van der Waals surface area contributed by atoms with Crippen molar-refractivity contribution >= 4 is 22.4 Å². The fraction of sp³-hybridized carbons (Fsp3) is 0.600. The van der Waals surface area contributed by atoms with E-state index in [1.54, 1.807) is 11.3 Å². The van der Waals surface area contributed by atoms with Gasteiger partial charge in [0, 0.05) is 24.9 Å². The Kier molecular flexibility index (Phi) is 5.10. The second kappa shape index (κ2) is 6.40. The lowest BCUT2D eigenvalue weighted by molar-refractivity contribution is -0.120. The van der Waals surface area contributed by atoms with E-state index in [9.17, 15) is 4.79 Å². The molecule has 0 aliphatic heterocycles. The number of anilines is 1. The summed E-state index contributed by atoms with van der Waals surface area (Å²) in [6.45, 7) is 5.33. The number of rotatable bonds is 6. The number of nitrogens with zero attached hydrogens (tertiary/aromatic N) is 1. The molecule has 0 aromatic carbocycles. The van der Waals surface area contributed by atoms with E-state index in [2.05, 4.69) is 22.5 Å². The number of aromatic nitrogens is 1. The zero-order valence-corrected chi connectivity index (χ0v) is 9.99. The Labute approximate surface area is 94.1 Å². The van der Waals surface area contributed by atoms with Crippen molar-refractivity contribution in [3.63, 3.8) is 0 Å². The lowest BCUT2D eigenvalue weighted by Crippen LogP contribution is -2.24. The highest BCUT2D eigenvalue weighted by Gasteiger charge is 2.01. The van der Waals surface area contributed by atoms with Gasteiger partial charge in [-0.1, -0.05) is 6.92 Å². The smallest absolute Gasteiger partial charge is 0.221 e. The summed E-state index contributed by atoms with van der Waals surface area (Å²) in [4.78, 5) is 15.5. The van der Waals surface area contributed by atoms with Gasteiger partial charge in [-0.15, -0.1) is 11.3 Å². The summed E-state index contributed by atoms with van der Waals surface area (Å²) in [7, 11) is 0. The van der Waals surface area contributed by atoms with Gasteiger partial charge in [-0.2, -0.15) is 0 Å². The fourth-order valence-corrected chi connectivity index (χ4v) is 1.94. The number of carbonyl (C=O) groups excluding carboxylic acids is 1. The Morgan fingerprint density at radius 1 is 1.53 bits per heavy atom. The molecule has 0 spiro atoms. The van der Waals surface area contributed by atoms with Crippen LogP contribution in [0.3, 0.4) is 0 Å². The molecular weight excluding hydrogens is 210 g/mol. The molecule has 5 heteroatoms. The topological polar surface area (TPSA) is 54.0 Å². The largest absolute Gasteiger partial charge is 0.361 e. The maximum Gasteiger partial charge on any atom is 0.221 e. The first-order valence-corrected chi connectivity index (χ1v) is 6.09. The molecule has 0 saturated carbocycles. The highest BCUT2D eigenvalue weighted by Crippen LogP contribution is 2.15. The minimum atomic E-state index is 0.0808. The van der Waals surface area contributed by atoms with Gasteiger partial charge in [0.05, 0.1) is 5.69 Å². The van der Waals surface area contributed by atoms with Crippen molar-refractivity contribution in [3.8, 4) is 0 Å². The van der Waals surface area contributed by atoms with E-state index < -0.39 is 0 Å². The number of hydrogen-bond donors (Lipinski definition) is 2. The van der Waals surface area contributed by atoms with Gasteiger partial charge in [-0.05, 0) is 13.3 Å². The van der Waals surface area contributed by atoms with Crippen LogP contribution in [0.15, 0.2) is 5.38 Å². The summed E-state index contributed by atoms with van der Waals surface area (Å²) >= 11 is 1.59. The lowest BCUT2D eigenvalue weighted by atomic mass is 10.4. The predicted octanol–water partition coefficient (Wildman–Crippen LogP) is 1.64. The third-order valence-electron chi connectivity index (χ3n) is 1.92. The Morgan fingerprint density at radius 2 is 2.33 bits per heavy atom. The maximum absolute atomic E-state index is 11.1. The van der Waals surface area contributed by atoms with Gasteiger partial charge in [0.25, 0.3) is 0 Å². The minimum absolute atomic E-state index is 0.0808. The summed E-state index contributed by atoms with van der Waals surface area (Å²) in [5, 5.41) is 8.82. The van der Waals surface area contributed by atoms with Crippen LogP contribution in [0.2, 0.25) is 0 Å². The highest BCUT2D eigenvalue weighted by molar-refractivity contribution is 7.13. The molecule has 84 valence electrons. The first-order chi connectivity index (χ1) is 7.26. The monoisotopic (exact) mass is 227 g/mol. The average Bonchev–Trinajstić information content (AvgIpc) is 2.66. The van der Waals surface area contributed by atoms with Crippen molar-refractivity contribution < 1.29 is 4.79 Å². The van der Waals surface area contributed by atoms with Gasteiger partial charge in [0.2, 0.25) is 5.91 Å². The van der Waals surface area contributed by atoms with Crippen LogP contribution >= 0.6 is 11.3 Å². The van der Waals surface area contributed by atoms with E-state index in [1.165, 1.54) is 0 Å². The number of nitrogens with one attached hydrogen (secondary N) is 2. The van der Waals surface area contributed by atoms with Gasteiger partial charge >= 0.3 is 0 Å². The molecule has 1 heterocycles. The summed E-state index contributed by atoms with van der Waals surface area (Å²) in [6, 6.07) is 0. The number of thiazole rings is 1. The van der Waals surface area contributed by atoms with Crippen molar-refractivity contribution in [1.29, 1.82) is 0 Å². The molecule has 0 radical (unpaired) electrons. The summed E-state index contributed by atoms with van der Waals surface area (Å²) in [6.07, 6.45) is 1.45. The maximum atomic E-state index is 11.1. The quantitative estimate of drug-likeness (QED) is 0.777. The van der Waals surface area contributed by atoms with Crippen molar-refractivity contribution in [2.45, 2.75) is 26.7 Å². The molecule has 1 amide bonds. The standard InChI is InChI=1S/C10H17N3OS/c1-3-8-7-15-10(13-8)12-6-5-9(14)11-4-2/h7H,3-6H2,1-2H3,(H,11,14)(H,12,13). The highest BCUT2D eigenvalue weighted by atomic mass is 32.1. The van der Waals surface area contributed by atoms with Crippen molar-refractivity contribution in [3.05, 3.63) is 11.1 Å². The summed E-state index contributed by atoms with van der Waals surface area (Å²) in [5.74, 6) is 0.0808. The van der Waals surface area contributed by atoms with E-state index in [4.69, 9.17) is 0 Å². The van der Waals surface area contributed by atoms with Crippen LogP contribution in [0.1, 0.15) is 26.0 Å². The fourth-order valence-electron chi connectivity index (χ4n) is 1.12. The minimum Gasteiger partial charge on any atom is -0.361 e. The van der Waals surface area contributed by atoms with E-state index in [1.807, 2.05) is 12.3 Å². The van der Waals surface area contributed by atoms with Crippen LogP contribution in [0.5, 0.6) is 0 Å². The molecule has 0 unspecified atom stereocenters. The molecule has 1 aromatic rings. The number of carbonyl (C=O) groups is 1. The normalized spacial score (nSPS) is 10.0. The third kappa shape index (κ3) is 4.29. The predicted molar refractivity (Wildman–Crippen MR) is 63.3 cm³/mol. The first kappa shape index (κ1) is 12.0. The summed E-state index contributed by atoms with van der Waals surface area (Å²) in [5.41, 5.74) is 1.10. The van der Waals surface area contributed by atoms with E-state index in [-0.39, 0.29) is 5.91 Å². The van der Waals surface area contributed by atoms with Gasteiger partial charge < -0.3 is 10.6 Å². The zero-order chi connectivity index (χ0) is 11.1. The molecule has 1 aromatic heterocycles. The van der Waals surface area contributed by atoms with Crippen LogP contribution in [-0.2, 0) is 11.2 Å². The van der Waals surface area contributed by atoms with Crippen molar-refractivity contribution in [1.82, 2.24) is 10.3 Å². The Morgan fingerprint density at radius 3 is 2.93 bits per heavy atom. The molecule has 0 bridgehead atoms. The Balaban J connectivity index is 2.22. The zero-order valence-electron chi connectivity index (χ0n) is 9.17.